The molecule has 2 aromatic heterocycles. The van der Waals surface area contributed by atoms with E-state index in [-0.39, 0.29) is 97.6 Å². The lowest BCUT2D eigenvalue weighted by Crippen LogP contribution is -2.61. The normalized spacial score (nSPS) is 24.1. The Bertz CT molecular complexity index is 3390. The Labute approximate surface area is 554 Å². The number of H-pyrrole nitrogens is 1. The van der Waals surface area contributed by atoms with Gasteiger partial charge in [-0.2, -0.15) is 17.7 Å². The highest BCUT2D eigenvalue weighted by Gasteiger charge is 2.44. The first-order valence-corrected chi connectivity index (χ1v) is 32.3. The van der Waals surface area contributed by atoms with Crippen molar-refractivity contribution in [3.8, 4) is 0 Å². The fraction of sp³-hybridized carbons (Fsp3) is 0.550. The fourth-order valence-electron chi connectivity index (χ4n) is 12.3. The van der Waals surface area contributed by atoms with Crippen molar-refractivity contribution in [1.29, 1.82) is 0 Å². The third-order valence-corrected chi connectivity index (χ3v) is 18.1. The van der Waals surface area contributed by atoms with Crippen molar-refractivity contribution in [3.63, 3.8) is 0 Å². The number of hydrogen-bond acceptors (Lipinski definition) is 18. The maximum Gasteiger partial charge on any atom is 0.247 e. The lowest BCUT2D eigenvalue weighted by molar-refractivity contribution is -0.143. The highest BCUT2D eigenvalue weighted by Crippen LogP contribution is 2.25. The number of carbonyl (C=O) groups excluding carboxylic acids is 16. The Kier molecular flexibility index (Phi) is 24.1. The van der Waals surface area contributed by atoms with Gasteiger partial charge in [0.25, 0.3) is 0 Å². The minimum absolute atomic E-state index is 0.0993. The molecule has 1 aromatic carbocycles. The standard InChI is InChI=1S/C20H23N5O4.C15H20N6O4.C13H20N4O4.C12H18N4O4S/c21-18(27)16-6-3-7-25(16)20(29)15(24-19(28)14-9-17(26)23-14)8-11-10-22-13-5-2-1-4-12(11)13;16-13(23)11-3-1-6-21(11)15(25)10(8-20-5-2-4-17-20)19-14(24)9-7-12(22)18-9;1-2-7(16-12(20)8-6-10(18)15-8)13(21)17-5-3-4-9(17)11(14)19;13-10(18)8-2-1-3-16(8)12(20)7(5-21)15-11(19)6-4-9(17)14-6/h1-2,4-5,10,14-16,22H,3,6-9H2,(H2,21,27)(H,23,26)(H,24,28);2,4-5,9-11H,1,3,6-8H2,(H2,16,23)(H,18,22)(H,19,24);7-9H,2-6H2,1H3,(H2,14,19)(H,15,18)(H,16,20);6-8,21H,1-5H2,(H2,13,18)(H,14,17)(H,15,19)/t14-,15-,16-;9-,10-,11-;7-,8-,9-;6-,7-,8-/m0000/s1. The highest BCUT2D eigenvalue weighted by atomic mass is 32.1. The number of nitrogens with one attached hydrogen (secondary N) is 9. The van der Waals surface area contributed by atoms with E-state index in [0.717, 1.165) is 22.9 Å². The van der Waals surface area contributed by atoms with E-state index in [2.05, 4.69) is 65.2 Å². The smallest absolute Gasteiger partial charge is 0.247 e. The lowest BCUT2D eigenvalue weighted by Gasteiger charge is -2.31. The third-order valence-electron chi connectivity index (χ3n) is 17.7. The first-order valence-electron chi connectivity index (χ1n) is 31.7. The first-order chi connectivity index (χ1) is 45.8. The van der Waals surface area contributed by atoms with E-state index in [4.69, 9.17) is 22.9 Å². The minimum atomic E-state index is -0.898. The number of fused-ring (bicyclic) bond motifs is 1. The molecule has 96 heavy (non-hydrogen) atoms. The summed E-state index contributed by atoms with van der Waals surface area (Å²) >= 11 is 4.07. The van der Waals surface area contributed by atoms with Gasteiger partial charge in [-0.1, -0.05) is 25.1 Å². The number of nitrogens with zero attached hydrogens (tertiary/aromatic N) is 6. The molecule has 8 aliphatic rings. The second kappa shape index (κ2) is 32.3. The van der Waals surface area contributed by atoms with Crippen LogP contribution in [0, 0.1) is 0 Å². The van der Waals surface area contributed by atoms with Gasteiger partial charge in [-0.25, -0.2) is 0 Å². The first kappa shape index (κ1) is 71.7. The molecule has 0 spiro atoms. The summed E-state index contributed by atoms with van der Waals surface area (Å²) < 4.78 is 1.53. The molecule has 0 radical (unpaired) electrons. The largest absolute Gasteiger partial charge is 0.368 e. The molecule has 518 valence electrons. The van der Waals surface area contributed by atoms with Gasteiger partial charge < -0.3 is 90.1 Å². The molecule has 17 N–H and O–H groups in total. The van der Waals surface area contributed by atoms with Crippen LogP contribution in [0.25, 0.3) is 10.9 Å². The second-order valence-corrected chi connectivity index (χ2v) is 24.7. The van der Waals surface area contributed by atoms with E-state index in [1.807, 2.05) is 30.5 Å². The van der Waals surface area contributed by atoms with Crippen LogP contribution in [-0.4, -0.2) is 233 Å². The molecule has 0 saturated carbocycles. The zero-order chi connectivity index (χ0) is 69.7. The number of nitrogens with two attached hydrogens (primary N) is 4. The van der Waals surface area contributed by atoms with Crippen molar-refractivity contribution in [2.24, 2.45) is 22.9 Å². The summed E-state index contributed by atoms with van der Waals surface area (Å²) in [7, 11) is 0. The van der Waals surface area contributed by atoms with E-state index in [9.17, 15) is 76.7 Å². The molecule has 36 heteroatoms. The van der Waals surface area contributed by atoms with E-state index >= 15 is 0 Å². The Morgan fingerprint density at radius 1 is 0.510 bits per heavy atom. The highest BCUT2D eigenvalue weighted by molar-refractivity contribution is 7.80. The van der Waals surface area contributed by atoms with Crippen molar-refractivity contribution in [3.05, 3.63) is 54.5 Å². The van der Waals surface area contributed by atoms with Crippen molar-refractivity contribution in [2.75, 3.05) is 31.9 Å². The van der Waals surface area contributed by atoms with Crippen LogP contribution in [-0.2, 0) is 89.7 Å². The summed E-state index contributed by atoms with van der Waals surface area (Å²) in [5.41, 5.74) is 23.2. The molecule has 8 aliphatic heterocycles. The van der Waals surface area contributed by atoms with Crippen LogP contribution in [0.4, 0.5) is 0 Å². The van der Waals surface area contributed by atoms with Crippen molar-refractivity contribution in [2.45, 2.75) is 176 Å². The number of benzene rings is 1. The number of para-hydroxylation sites is 1. The number of amides is 16. The van der Waals surface area contributed by atoms with E-state index in [1.165, 1.54) is 24.3 Å². The predicted molar refractivity (Wildman–Crippen MR) is 338 cm³/mol. The van der Waals surface area contributed by atoms with Crippen LogP contribution in [0.5, 0.6) is 0 Å². The number of likely N-dealkylation sites (tertiary alicyclic amines) is 4. The molecule has 8 saturated heterocycles. The summed E-state index contributed by atoms with van der Waals surface area (Å²) in [4.78, 5) is 198. The Balaban J connectivity index is 0.000000165. The maximum absolute atomic E-state index is 13.3. The third kappa shape index (κ3) is 17.6. The number of aromatic amines is 1. The van der Waals surface area contributed by atoms with E-state index < -0.39 is 114 Å². The summed E-state index contributed by atoms with van der Waals surface area (Å²) in [6, 6.07) is 1.14. The molecular formula is C60H81N19O16S. The van der Waals surface area contributed by atoms with Crippen LogP contribution in [0.3, 0.4) is 0 Å². The molecule has 0 aliphatic carbocycles. The number of primary amides is 4. The van der Waals surface area contributed by atoms with Gasteiger partial charge >= 0.3 is 0 Å². The molecule has 12 atom stereocenters. The molecule has 10 heterocycles. The summed E-state index contributed by atoms with van der Waals surface area (Å²) in [5.74, 6) is -5.84. The SMILES string of the molecule is CC[C@H](NC(=O)[C@@H]1CC(=O)N1)C(=O)N1CCC[C@H]1C(N)=O.NC(=O)[C@@H]1CCCN1C(=O)[C@H](CS)NC(=O)[C@@H]1CC(=O)N1.NC(=O)[C@@H]1CCCN1C(=O)[C@H](Cc1c[nH]c2ccccc12)NC(=O)[C@@H]1CC(=O)N1.NC(=O)[C@@H]1CCCN1C(=O)[C@H](Cn1cccn1)NC(=O)[C@@H]1CC(=O)N1. The Hall–Kier alpha value is -10.2. The number of β-lactam (4-membered cyclic amide) rings is 4. The molecule has 16 amide bonds. The summed E-state index contributed by atoms with van der Waals surface area (Å²) in [5, 5.41) is 25.5. The van der Waals surface area contributed by atoms with Gasteiger partial charge in [-0.3, -0.25) is 81.4 Å². The van der Waals surface area contributed by atoms with Crippen LogP contribution in [0.2, 0.25) is 0 Å². The fourth-order valence-corrected chi connectivity index (χ4v) is 12.5. The summed E-state index contributed by atoms with van der Waals surface area (Å²) in [6.07, 6.45) is 11.1. The molecule has 35 nitrogen and oxygen atoms in total. The van der Waals surface area contributed by atoms with Crippen LogP contribution in [0.15, 0.2) is 48.9 Å². The monoisotopic (exact) mass is 1360 g/mol. The van der Waals surface area contributed by atoms with E-state index in [1.54, 1.807) is 25.4 Å². The number of rotatable bonds is 22. The molecule has 0 unspecified atom stereocenters. The van der Waals surface area contributed by atoms with Gasteiger partial charge in [0.15, 0.2) is 0 Å². The predicted octanol–water partition coefficient (Wildman–Crippen LogP) is -6.70. The van der Waals surface area contributed by atoms with Crippen LogP contribution in [0.1, 0.15) is 96.0 Å². The lowest BCUT2D eigenvalue weighted by atomic mass is 10.0. The maximum atomic E-state index is 13.3. The minimum Gasteiger partial charge on any atom is -0.368 e. The van der Waals surface area contributed by atoms with Gasteiger partial charge in [-0.05, 0) is 75.5 Å². The Morgan fingerprint density at radius 2 is 0.854 bits per heavy atom. The van der Waals surface area contributed by atoms with Crippen molar-refractivity contribution < 1.29 is 76.7 Å². The molecule has 3 aromatic rings. The van der Waals surface area contributed by atoms with Gasteiger partial charge in [0, 0.05) is 67.8 Å². The molecule has 0 bridgehead atoms. The number of carbonyl (C=O) groups is 16. The average Bonchev–Trinajstić information content (AvgIpc) is 1.62. The topological polar surface area (TPSA) is 520 Å². The van der Waals surface area contributed by atoms with Gasteiger partial charge in [-0.15, -0.1) is 0 Å². The Morgan fingerprint density at radius 3 is 1.21 bits per heavy atom. The van der Waals surface area contributed by atoms with E-state index in [0.29, 0.717) is 77.5 Å². The van der Waals surface area contributed by atoms with Crippen LogP contribution < -0.4 is 65.5 Å². The van der Waals surface area contributed by atoms with Gasteiger partial charge in [0.1, 0.15) is 72.5 Å². The summed E-state index contributed by atoms with van der Waals surface area (Å²) in [6.45, 7) is 3.65. The quantitative estimate of drug-likeness (QED) is 0.0328. The number of thiol groups is 1. The van der Waals surface area contributed by atoms with Gasteiger partial charge in [0.05, 0.1) is 32.2 Å². The second-order valence-electron chi connectivity index (χ2n) is 24.3. The molecule has 8 fully saturated rings. The average molecular weight is 1360 g/mol. The van der Waals surface area contributed by atoms with Crippen molar-refractivity contribution >= 4 is 118 Å². The zero-order valence-electron chi connectivity index (χ0n) is 52.7. The molecular weight excluding hydrogens is 1270 g/mol. The van der Waals surface area contributed by atoms with Crippen LogP contribution >= 0.6 is 12.6 Å². The number of hydrogen-bond donors (Lipinski definition) is 14. The molecule has 11 rings (SSSR count). The van der Waals surface area contributed by atoms with Gasteiger partial charge in [0.2, 0.25) is 94.5 Å². The zero-order valence-corrected chi connectivity index (χ0v) is 53.6. The van der Waals surface area contributed by atoms with Crippen molar-refractivity contribution in [1.82, 2.24) is 76.9 Å². The number of aromatic nitrogens is 3.